The first-order valence-corrected chi connectivity index (χ1v) is 10.7. The number of piperidine rings is 1. The zero-order valence-electron chi connectivity index (χ0n) is 17.7. The van der Waals surface area contributed by atoms with Gasteiger partial charge in [-0.3, -0.25) is 9.59 Å². The number of nitrogens with zero attached hydrogens (tertiary/aromatic N) is 2. The summed E-state index contributed by atoms with van der Waals surface area (Å²) in [5.74, 6) is -0.308. The Balaban J connectivity index is 1.28. The quantitative estimate of drug-likeness (QED) is 0.428. The van der Waals surface area contributed by atoms with Crippen molar-refractivity contribution in [3.8, 4) is 5.75 Å². The Morgan fingerprint density at radius 2 is 1.91 bits per heavy atom. The number of carbonyl (C=O) groups excluding carboxylic acids is 3. The summed E-state index contributed by atoms with van der Waals surface area (Å²) < 4.78 is 0. The molecule has 0 aromatic heterocycles. The molecule has 0 aliphatic carbocycles. The van der Waals surface area contributed by atoms with Crippen LogP contribution < -0.4 is 16.4 Å². The molecule has 0 unspecified atom stereocenters. The van der Waals surface area contributed by atoms with E-state index in [0.717, 1.165) is 11.3 Å². The number of nitrogen functional groups attached to an aromatic ring is 1. The van der Waals surface area contributed by atoms with Crippen molar-refractivity contribution in [2.45, 2.75) is 25.3 Å². The van der Waals surface area contributed by atoms with Crippen molar-refractivity contribution in [3.63, 3.8) is 0 Å². The van der Waals surface area contributed by atoms with Gasteiger partial charge < -0.3 is 31.3 Å². The lowest BCUT2D eigenvalue weighted by molar-refractivity contribution is -0.131. The summed E-state index contributed by atoms with van der Waals surface area (Å²) in [5, 5.41) is 15.3. The molecule has 0 atom stereocenters. The largest absolute Gasteiger partial charge is 0.508 e. The number of phenolic OH excluding ortho intramolecular Hbond substituents is 1. The Labute approximate surface area is 186 Å². The molecule has 4 amide bonds. The van der Waals surface area contributed by atoms with E-state index in [1.807, 2.05) is 4.90 Å². The van der Waals surface area contributed by atoms with Gasteiger partial charge in [-0.25, -0.2) is 4.79 Å². The first kappa shape index (κ1) is 21.5. The number of nitrogens with two attached hydrogens (primary N) is 1. The number of benzene rings is 2. The number of rotatable bonds is 4. The fourth-order valence-corrected chi connectivity index (χ4v) is 4.26. The molecular weight excluding hydrogens is 410 g/mol. The third kappa shape index (κ3) is 4.77. The normalized spacial score (nSPS) is 16.7. The van der Waals surface area contributed by atoms with Gasteiger partial charge in [0, 0.05) is 42.6 Å². The summed E-state index contributed by atoms with van der Waals surface area (Å²) in [6.45, 7) is 1.52. The number of nitrogens with one attached hydrogen (secondary N) is 2. The average Bonchev–Trinajstić information content (AvgIpc) is 2.95. The highest BCUT2D eigenvalue weighted by molar-refractivity contribution is 5.97. The van der Waals surface area contributed by atoms with Gasteiger partial charge >= 0.3 is 6.03 Å². The predicted molar refractivity (Wildman–Crippen MR) is 120 cm³/mol. The second-order valence-corrected chi connectivity index (χ2v) is 8.14. The highest BCUT2D eigenvalue weighted by atomic mass is 16.3. The van der Waals surface area contributed by atoms with E-state index in [2.05, 4.69) is 10.6 Å². The molecule has 1 fully saturated rings. The van der Waals surface area contributed by atoms with E-state index in [4.69, 9.17) is 5.73 Å². The topological polar surface area (TPSA) is 128 Å². The molecule has 2 aromatic carbocycles. The highest BCUT2D eigenvalue weighted by Gasteiger charge is 2.31. The van der Waals surface area contributed by atoms with Crippen LogP contribution in [0.4, 0.5) is 16.2 Å². The minimum absolute atomic E-state index is 0.0313. The monoisotopic (exact) mass is 437 g/mol. The maximum absolute atomic E-state index is 12.7. The number of phenols is 1. The molecule has 5 N–H and O–H groups in total. The molecule has 9 heteroatoms. The minimum Gasteiger partial charge on any atom is -0.508 e. The molecule has 0 spiro atoms. The molecule has 2 heterocycles. The SMILES string of the molecule is Nc1cccc(C(=O)NCC(=O)N2CCC(N3CCc4cc(O)ccc4NC3=O)CC2)c1. The summed E-state index contributed by atoms with van der Waals surface area (Å²) in [7, 11) is 0. The molecule has 168 valence electrons. The number of aromatic hydroxyl groups is 1. The zero-order valence-corrected chi connectivity index (χ0v) is 17.7. The molecular formula is C23H27N5O4. The van der Waals surface area contributed by atoms with Crippen LogP contribution in [-0.4, -0.2) is 65.0 Å². The fourth-order valence-electron chi connectivity index (χ4n) is 4.26. The lowest BCUT2D eigenvalue weighted by Crippen LogP contribution is -2.51. The van der Waals surface area contributed by atoms with Crippen LogP contribution in [0.15, 0.2) is 42.5 Å². The molecule has 0 bridgehead atoms. The third-order valence-corrected chi connectivity index (χ3v) is 6.02. The fraction of sp³-hybridized carbons (Fsp3) is 0.348. The van der Waals surface area contributed by atoms with Crippen LogP contribution in [0.2, 0.25) is 0 Å². The lowest BCUT2D eigenvalue weighted by Gasteiger charge is -2.38. The number of fused-ring (bicyclic) bond motifs is 1. The van der Waals surface area contributed by atoms with Crippen LogP contribution in [0, 0.1) is 0 Å². The zero-order chi connectivity index (χ0) is 22.7. The van der Waals surface area contributed by atoms with E-state index in [1.54, 1.807) is 47.4 Å². The van der Waals surface area contributed by atoms with Crippen molar-refractivity contribution in [3.05, 3.63) is 53.6 Å². The van der Waals surface area contributed by atoms with E-state index in [-0.39, 0.29) is 36.2 Å². The van der Waals surface area contributed by atoms with Crippen molar-refractivity contribution in [2.24, 2.45) is 0 Å². The summed E-state index contributed by atoms with van der Waals surface area (Å²) in [4.78, 5) is 41.0. The number of amides is 4. The average molecular weight is 438 g/mol. The smallest absolute Gasteiger partial charge is 0.322 e. The molecule has 1 saturated heterocycles. The number of hydrogen-bond acceptors (Lipinski definition) is 5. The van der Waals surface area contributed by atoms with Crippen LogP contribution in [0.3, 0.4) is 0 Å². The van der Waals surface area contributed by atoms with Crippen molar-refractivity contribution >= 4 is 29.2 Å². The summed E-state index contributed by atoms with van der Waals surface area (Å²) >= 11 is 0. The Hall–Kier alpha value is -3.75. The van der Waals surface area contributed by atoms with Gasteiger partial charge in [0.25, 0.3) is 5.91 Å². The molecule has 32 heavy (non-hydrogen) atoms. The summed E-state index contributed by atoms with van der Waals surface area (Å²) in [6, 6.07) is 11.4. The van der Waals surface area contributed by atoms with Crippen molar-refractivity contribution in [1.82, 2.24) is 15.1 Å². The Bertz CT molecular complexity index is 1030. The molecule has 2 aromatic rings. The van der Waals surface area contributed by atoms with E-state index >= 15 is 0 Å². The second kappa shape index (κ2) is 9.17. The van der Waals surface area contributed by atoms with Gasteiger partial charge in [0.15, 0.2) is 0 Å². The standard InChI is InChI=1S/C23H27N5O4/c24-17-3-1-2-16(12-17)22(31)25-14-21(30)27-9-7-18(8-10-27)28-11-6-15-13-19(29)4-5-20(15)26-23(28)32/h1-5,12-13,18,29H,6-11,14,24H2,(H,25,31)(H,26,32). The van der Waals surface area contributed by atoms with Crippen molar-refractivity contribution < 1.29 is 19.5 Å². The van der Waals surface area contributed by atoms with E-state index in [0.29, 0.717) is 50.1 Å². The highest BCUT2D eigenvalue weighted by Crippen LogP contribution is 2.27. The van der Waals surface area contributed by atoms with Gasteiger partial charge in [-0.1, -0.05) is 6.07 Å². The van der Waals surface area contributed by atoms with Gasteiger partial charge in [0.05, 0.1) is 6.54 Å². The molecule has 9 nitrogen and oxygen atoms in total. The van der Waals surface area contributed by atoms with E-state index < -0.39 is 0 Å². The van der Waals surface area contributed by atoms with E-state index in [9.17, 15) is 19.5 Å². The number of hydrogen-bond donors (Lipinski definition) is 4. The van der Waals surface area contributed by atoms with E-state index in [1.165, 1.54) is 0 Å². The van der Waals surface area contributed by atoms with Crippen molar-refractivity contribution in [1.29, 1.82) is 0 Å². The minimum atomic E-state index is -0.340. The predicted octanol–water partition coefficient (Wildman–Crippen LogP) is 1.79. The van der Waals surface area contributed by atoms with Gasteiger partial charge in [-0.2, -0.15) is 0 Å². The van der Waals surface area contributed by atoms with Crippen LogP contribution in [0.25, 0.3) is 0 Å². The third-order valence-electron chi connectivity index (χ3n) is 6.02. The summed E-state index contributed by atoms with van der Waals surface area (Å²) in [6.07, 6.45) is 1.99. The maximum atomic E-state index is 12.7. The van der Waals surface area contributed by atoms with Gasteiger partial charge in [-0.15, -0.1) is 0 Å². The molecule has 0 radical (unpaired) electrons. The lowest BCUT2D eigenvalue weighted by atomic mass is 10.0. The number of anilines is 2. The first-order valence-electron chi connectivity index (χ1n) is 10.7. The summed E-state index contributed by atoms with van der Waals surface area (Å²) in [5.41, 5.74) is 8.23. The Kier molecular flexibility index (Phi) is 6.16. The molecule has 0 saturated carbocycles. The van der Waals surface area contributed by atoms with Crippen LogP contribution in [0.1, 0.15) is 28.8 Å². The van der Waals surface area contributed by atoms with Crippen molar-refractivity contribution in [2.75, 3.05) is 37.2 Å². The second-order valence-electron chi connectivity index (χ2n) is 8.14. The van der Waals surface area contributed by atoms with Gasteiger partial charge in [-0.05, 0) is 61.2 Å². The molecule has 2 aliphatic heterocycles. The van der Waals surface area contributed by atoms with Crippen LogP contribution >= 0.6 is 0 Å². The Morgan fingerprint density at radius 3 is 2.66 bits per heavy atom. The maximum Gasteiger partial charge on any atom is 0.322 e. The molecule has 2 aliphatic rings. The Morgan fingerprint density at radius 1 is 1.12 bits per heavy atom. The first-order chi connectivity index (χ1) is 15.4. The van der Waals surface area contributed by atoms with Crippen LogP contribution in [0.5, 0.6) is 5.75 Å². The number of likely N-dealkylation sites (tertiary alicyclic amines) is 1. The van der Waals surface area contributed by atoms with Gasteiger partial charge in [0.2, 0.25) is 5.91 Å². The molecule has 4 rings (SSSR count). The van der Waals surface area contributed by atoms with Gasteiger partial charge in [0.1, 0.15) is 5.75 Å². The van der Waals surface area contributed by atoms with Crippen LogP contribution in [-0.2, 0) is 11.2 Å². The number of urea groups is 1. The number of carbonyl (C=O) groups is 3.